The molecule has 8 atom stereocenters. The number of ketones is 2. The molecule has 4 nitrogen and oxygen atoms in total. The minimum Gasteiger partial charge on any atom is -0.481 e. The minimum atomic E-state index is -0.862. The summed E-state index contributed by atoms with van der Waals surface area (Å²) in [5.74, 6) is 0.573. The number of hydrogen-bond acceptors (Lipinski definition) is 3. The highest BCUT2D eigenvalue weighted by atomic mass is 16.4. The van der Waals surface area contributed by atoms with E-state index < -0.39 is 11.4 Å². The summed E-state index contributed by atoms with van der Waals surface area (Å²) in [5.41, 5.74) is -0.366. The highest BCUT2D eigenvalue weighted by Crippen LogP contribution is 2.78. The summed E-state index contributed by atoms with van der Waals surface area (Å²) in [5, 5.41) is 9.70. The van der Waals surface area contributed by atoms with Gasteiger partial charge in [0.25, 0.3) is 0 Å². The number of allylic oxidation sites excluding steroid dienone is 4. The number of hydrogen-bond donors (Lipinski definition) is 1. The first-order valence-corrected chi connectivity index (χ1v) is 12.6. The lowest BCUT2D eigenvalue weighted by atomic mass is 9.50. The van der Waals surface area contributed by atoms with Gasteiger partial charge in [0.2, 0.25) is 0 Å². The van der Waals surface area contributed by atoms with Crippen LogP contribution in [0.2, 0.25) is 0 Å². The molecule has 3 saturated carbocycles. The zero-order valence-electron chi connectivity index (χ0n) is 20.6. The number of carboxylic acids is 1. The third-order valence-corrected chi connectivity index (χ3v) is 10.4. The van der Waals surface area contributed by atoms with Gasteiger partial charge in [-0.05, 0) is 79.1 Å². The van der Waals surface area contributed by atoms with E-state index in [-0.39, 0.29) is 46.6 Å². The lowest BCUT2D eigenvalue weighted by Crippen LogP contribution is -2.52. The van der Waals surface area contributed by atoms with E-state index in [1.54, 1.807) is 6.08 Å². The first-order valence-electron chi connectivity index (χ1n) is 12.6. The highest BCUT2D eigenvalue weighted by molar-refractivity contribution is 6.11. The molecule has 176 valence electrons. The summed E-state index contributed by atoms with van der Waals surface area (Å²) in [6, 6.07) is 0. The standard InChI is InChI=1S/C28H40O4/c1-16(2)17(3)7-8-18(4)22(14-24(30)31)26(5)11-10-21-20(25(26)32)13-23(29)28-15-19(28)9-12-27(21,28)6/h7-8,13,16-19,21-22H,9-12,14-15H2,1-6H3,(H,30,31)/t17-,18+,19+,21-,22+,26+,27+,28-/m0/s1. The normalized spacial score (nSPS) is 41.0. The van der Waals surface area contributed by atoms with Crippen LogP contribution in [0.1, 0.15) is 80.1 Å². The average molecular weight is 441 g/mol. The van der Waals surface area contributed by atoms with E-state index in [4.69, 9.17) is 0 Å². The van der Waals surface area contributed by atoms with Gasteiger partial charge in [0.1, 0.15) is 0 Å². The highest BCUT2D eigenvalue weighted by Gasteiger charge is 2.76. The van der Waals surface area contributed by atoms with Gasteiger partial charge in [-0.15, -0.1) is 0 Å². The van der Waals surface area contributed by atoms with Crippen LogP contribution in [0.5, 0.6) is 0 Å². The van der Waals surface area contributed by atoms with Crippen molar-refractivity contribution in [2.45, 2.75) is 80.1 Å². The molecule has 4 heteroatoms. The maximum atomic E-state index is 14.0. The second kappa shape index (κ2) is 7.67. The third kappa shape index (κ3) is 3.19. The molecule has 32 heavy (non-hydrogen) atoms. The van der Waals surface area contributed by atoms with Gasteiger partial charge in [-0.2, -0.15) is 0 Å². The molecule has 0 aromatic rings. The van der Waals surface area contributed by atoms with Crippen molar-refractivity contribution in [3.8, 4) is 0 Å². The van der Waals surface area contributed by atoms with Gasteiger partial charge in [-0.1, -0.05) is 53.7 Å². The van der Waals surface area contributed by atoms with Crippen molar-refractivity contribution in [2.24, 2.45) is 51.8 Å². The van der Waals surface area contributed by atoms with E-state index in [1.165, 1.54) is 0 Å². The fourth-order valence-corrected chi connectivity index (χ4v) is 7.68. The van der Waals surface area contributed by atoms with Crippen molar-refractivity contribution >= 4 is 17.5 Å². The number of carbonyl (C=O) groups is 3. The number of Topliss-reactive ketones (excluding diaryl/α,β-unsaturated/α-hetero) is 1. The van der Waals surface area contributed by atoms with Gasteiger partial charge in [-0.25, -0.2) is 0 Å². The molecular formula is C28H40O4. The second-order valence-corrected chi connectivity index (χ2v) is 12.2. The summed E-state index contributed by atoms with van der Waals surface area (Å²) >= 11 is 0. The van der Waals surface area contributed by atoms with E-state index in [0.29, 0.717) is 29.7 Å². The van der Waals surface area contributed by atoms with Crippen LogP contribution in [-0.4, -0.2) is 22.6 Å². The van der Waals surface area contributed by atoms with Crippen molar-refractivity contribution < 1.29 is 19.5 Å². The summed E-state index contributed by atoms with van der Waals surface area (Å²) in [6.45, 7) is 12.8. The quantitative estimate of drug-likeness (QED) is 0.503. The molecule has 4 aliphatic carbocycles. The Morgan fingerprint density at radius 3 is 2.34 bits per heavy atom. The van der Waals surface area contributed by atoms with Gasteiger partial charge in [-0.3, -0.25) is 14.4 Å². The van der Waals surface area contributed by atoms with Crippen molar-refractivity contribution in [3.05, 3.63) is 23.8 Å². The molecule has 0 aliphatic heterocycles. The number of fused-ring (bicyclic) bond motifs is 2. The molecule has 3 fully saturated rings. The zero-order chi connectivity index (χ0) is 23.6. The van der Waals surface area contributed by atoms with Crippen molar-refractivity contribution in [2.75, 3.05) is 0 Å². The molecule has 0 heterocycles. The molecule has 0 bridgehead atoms. The van der Waals surface area contributed by atoms with Gasteiger partial charge >= 0.3 is 5.97 Å². The maximum absolute atomic E-state index is 14.0. The molecule has 0 unspecified atom stereocenters. The molecule has 1 N–H and O–H groups in total. The maximum Gasteiger partial charge on any atom is 0.303 e. The molecule has 0 radical (unpaired) electrons. The number of carboxylic acid groups (broad SMARTS) is 1. The minimum absolute atomic E-state index is 0.0288. The van der Waals surface area contributed by atoms with E-state index in [1.807, 2.05) is 13.8 Å². The van der Waals surface area contributed by atoms with E-state index in [9.17, 15) is 19.5 Å². The van der Waals surface area contributed by atoms with Crippen LogP contribution in [0.3, 0.4) is 0 Å². The lowest BCUT2D eigenvalue weighted by Gasteiger charge is -2.52. The first kappa shape index (κ1) is 23.4. The van der Waals surface area contributed by atoms with Crippen LogP contribution in [0.25, 0.3) is 0 Å². The van der Waals surface area contributed by atoms with E-state index >= 15 is 0 Å². The van der Waals surface area contributed by atoms with E-state index in [0.717, 1.165) is 25.7 Å². The monoisotopic (exact) mass is 440 g/mol. The topological polar surface area (TPSA) is 71.4 Å². The van der Waals surface area contributed by atoms with Crippen LogP contribution in [0.15, 0.2) is 23.8 Å². The summed E-state index contributed by atoms with van der Waals surface area (Å²) in [7, 11) is 0. The van der Waals surface area contributed by atoms with Crippen LogP contribution >= 0.6 is 0 Å². The number of aliphatic carboxylic acids is 1. The number of carbonyl (C=O) groups excluding carboxylic acids is 2. The summed E-state index contributed by atoms with van der Waals surface area (Å²) in [4.78, 5) is 39.1. The Morgan fingerprint density at radius 1 is 1.09 bits per heavy atom. The first-order chi connectivity index (χ1) is 14.9. The fraction of sp³-hybridized carbons (Fsp3) is 0.750. The fourth-order valence-electron chi connectivity index (χ4n) is 7.68. The summed E-state index contributed by atoms with van der Waals surface area (Å²) < 4.78 is 0. The van der Waals surface area contributed by atoms with Crippen LogP contribution in [0.4, 0.5) is 0 Å². The second-order valence-electron chi connectivity index (χ2n) is 12.2. The lowest BCUT2D eigenvalue weighted by molar-refractivity contribution is -0.144. The van der Waals surface area contributed by atoms with Crippen LogP contribution < -0.4 is 0 Å². The SMILES string of the molecule is CC(C)[C@@H](C)C=C[C@@H](C)[C@@H](CC(=O)O)[C@@]1(C)CC[C@H]2C(=CC(=O)[C@]34C[C@H]3CC[C@]24C)C1=O. The van der Waals surface area contributed by atoms with Gasteiger partial charge in [0.05, 0.1) is 0 Å². The molecule has 4 aliphatic rings. The average Bonchev–Trinajstić information content (AvgIpc) is 3.39. The Kier molecular flexibility index (Phi) is 5.62. The predicted molar refractivity (Wildman–Crippen MR) is 125 cm³/mol. The predicted octanol–water partition coefficient (Wildman–Crippen LogP) is 5.86. The molecule has 1 spiro atoms. The Morgan fingerprint density at radius 2 is 1.75 bits per heavy atom. The van der Waals surface area contributed by atoms with Crippen molar-refractivity contribution in [3.63, 3.8) is 0 Å². The number of rotatable bonds is 7. The Bertz CT molecular complexity index is 897. The molecular weight excluding hydrogens is 400 g/mol. The Hall–Kier alpha value is -1.71. The van der Waals surface area contributed by atoms with Crippen LogP contribution in [-0.2, 0) is 14.4 Å². The smallest absolute Gasteiger partial charge is 0.303 e. The largest absolute Gasteiger partial charge is 0.481 e. The molecule has 0 saturated heterocycles. The van der Waals surface area contributed by atoms with Gasteiger partial charge in [0.15, 0.2) is 11.6 Å². The zero-order valence-corrected chi connectivity index (χ0v) is 20.6. The summed E-state index contributed by atoms with van der Waals surface area (Å²) in [6.07, 6.45) is 10.6. The van der Waals surface area contributed by atoms with E-state index in [2.05, 4.69) is 39.8 Å². The molecule has 0 aromatic heterocycles. The third-order valence-electron chi connectivity index (χ3n) is 10.4. The van der Waals surface area contributed by atoms with Gasteiger partial charge < -0.3 is 5.11 Å². The van der Waals surface area contributed by atoms with Gasteiger partial charge in [0, 0.05) is 22.8 Å². The molecule has 4 rings (SSSR count). The molecule has 0 aromatic carbocycles. The molecule has 0 amide bonds. The van der Waals surface area contributed by atoms with Crippen molar-refractivity contribution in [1.29, 1.82) is 0 Å². The van der Waals surface area contributed by atoms with Crippen molar-refractivity contribution in [1.82, 2.24) is 0 Å². The Labute approximate surface area is 192 Å². The Balaban J connectivity index is 1.66. The van der Waals surface area contributed by atoms with Crippen LogP contribution in [0, 0.1) is 51.8 Å².